The maximum atomic E-state index is 14.8. The van der Waals surface area contributed by atoms with Crippen molar-refractivity contribution in [3.63, 3.8) is 0 Å². The number of piperazine rings is 1. The number of oxazole rings is 1. The van der Waals surface area contributed by atoms with Gasteiger partial charge in [-0.1, -0.05) is 12.1 Å². The number of alkyl halides is 5. The lowest BCUT2D eigenvalue weighted by molar-refractivity contribution is -0.160. The van der Waals surface area contributed by atoms with Crippen LogP contribution in [0.2, 0.25) is 0 Å². The van der Waals surface area contributed by atoms with Crippen LogP contribution < -0.4 is 4.90 Å². The van der Waals surface area contributed by atoms with Gasteiger partial charge in [-0.2, -0.15) is 18.4 Å². The number of amides is 2. The van der Waals surface area contributed by atoms with E-state index >= 15 is 0 Å². The van der Waals surface area contributed by atoms with E-state index in [1.807, 2.05) is 0 Å². The van der Waals surface area contributed by atoms with Crippen molar-refractivity contribution < 1.29 is 40.3 Å². The van der Waals surface area contributed by atoms with Gasteiger partial charge in [0.05, 0.1) is 29.1 Å². The Morgan fingerprint density at radius 1 is 1.13 bits per heavy atom. The molecular weight excluding hydrogens is 530 g/mol. The fourth-order valence-corrected chi connectivity index (χ4v) is 5.02. The van der Waals surface area contributed by atoms with Gasteiger partial charge in [0.15, 0.2) is 11.7 Å². The Labute approximate surface area is 217 Å². The van der Waals surface area contributed by atoms with E-state index in [9.17, 15) is 35.9 Å². The van der Waals surface area contributed by atoms with E-state index in [-0.39, 0.29) is 36.5 Å². The van der Waals surface area contributed by atoms with E-state index in [1.54, 1.807) is 6.07 Å². The van der Waals surface area contributed by atoms with Gasteiger partial charge in [-0.15, -0.1) is 0 Å². The van der Waals surface area contributed by atoms with Crippen LogP contribution in [-0.2, 0) is 22.3 Å². The van der Waals surface area contributed by atoms with E-state index in [2.05, 4.69) is 4.98 Å². The van der Waals surface area contributed by atoms with E-state index in [4.69, 9.17) is 9.68 Å². The molecule has 0 unspecified atom stereocenters. The third-order valence-corrected chi connectivity index (χ3v) is 7.02. The summed E-state index contributed by atoms with van der Waals surface area (Å²) in [5, 5.41) is 9.02. The Morgan fingerprint density at radius 2 is 1.82 bits per heavy atom. The van der Waals surface area contributed by atoms with Crippen LogP contribution in [0.4, 0.5) is 32.0 Å². The van der Waals surface area contributed by atoms with Crippen LogP contribution in [0.25, 0.3) is 0 Å². The number of halogens is 6. The molecule has 1 aliphatic carbocycles. The highest BCUT2D eigenvalue weighted by Crippen LogP contribution is 2.52. The maximum absolute atomic E-state index is 14.8. The number of benzene rings is 2. The van der Waals surface area contributed by atoms with Crippen molar-refractivity contribution in [3.05, 3.63) is 82.8 Å². The Balaban J connectivity index is 1.48. The number of nitriles is 1. The van der Waals surface area contributed by atoms with E-state index in [0.717, 1.165) is 29.3 Å². The molecule has 0 radical (unpaired) electrons. The number of hydrogen-bond acceptors (Lipinski definition) is 5. The molecule has 1 spiro atoms. The summed E-state index contributed by atoms with van der Waals surface area (Å²) in [6.07, 6.45) is -6.76. The topological polar surface area (TPSA) is 90.4 Å². The van der Waals surface area contributed by atoms with Crippen molar-refractivity contribution in [2.24, 2.45) is 0 Å². The summed E-state index contributed by atoms with van der Waals surface area (Å²) in [5.41, 5.74) is -2.33. The third-order valence-electron chi connectivity index (χ3n) is 7.02. The van der Waals surface area contributed by atoms with Gasteiger partial charge in [0.25, 0.3) is 12.3 Å². The molecule has 1 aliphatic heterocycles. The predicted octanol–water partition coefficient (Wildman–Crippen LogP) is 5.33. The average Bonchev–Trinajstić information content (AvgIpc) is 3.35. The predicted molar refractivity (Wildman–Crippen MR) is 122 cm³/mol. The second-order valence-electron chi connectivity index (χ2n) is 9.38. The van der Waals surface area contributed by atoms with Gasteiger partial charge in [-0.3, -0.25) is 14.5 Å². The van der Waals surface area contributed by atoms with Gasteiger partial charge >= 0.3 is 6.18 Å². The first-order chi connectivity index (χ1) is 18.4. The summed E-state index contributed by atoms with van der Waals surface area (Å²) in [6.45, 7) is -0.768. The zero-order chi connectivity index (χ0) is 28.1. The molecular formula is C26H18F6N4O3. The quantitative estimate of drug-likeness (QED) is 0.402. The third kappa shape index (κ3) is 4.60. The van der Waals surface area contributed by atoms with Crippen molar-refractivity contribution in [2.75, 3.05) is 11.4 Å². The minimum atomic E-state index is -4.56. The minimum absolute atomic E-state index is 0.00751. The largest absolute Gasteiger partial charge is 0.439 e. The highest BCUT2D eigenvalue weighted by molar-refractivity contribution is 6.10. The second kappa shape index (κ2) is 9.44. The van der Waals surface area contributed by atoms with Crippen molar-refractivity contribution in [1.29, 1.82) is 5.26 Å². The van der Waals surface area contributed by atoms with Gasteiger partial charge in [0.2, 0.25) is 5.91 Å². The highest BCUT2D eigenvalue weighted by Gasteiger charge is 2.61. The monoisotopic (exact) mass is 548 g/mol. The standard InChI is InChI=1S/C26H18F6N4O3/c27-18-7-15(10-33)3-6-19(18)35-13-21(37)36(12-14-1-4-17(5-2-14)26(30,31)32)25(24(35)38)8-16(9-25)23-34-11-20(39-23)22(28)29/h1-7,11,16,22H,8-9,12-13H2. The summed E-state index contributed by atoms with van der Waals surface area (Å²) in [4.78, 5) is 33.3. The Kier molecular flexibility index (Phi) is 6.36. The number of rotatable bonds is 5. The first-order valence-corrected chi connectivity index (χ1v) is 11.6. The SMILES string of the molecule is N#Cc1ccc(N2CC(=O)N(Cc3ccc(C(F)(F)F)cc3)C3(CC(c4ncc(C(F)F)o4)C3)C2=O)c(F)c1. The number of aromatic nitrogens is 1. The molecule has 2 aliphatic rings. The summed E-state index contributed by atoms with van der Waals surface area (Å²) in [7, 11) is 0. The first-order valence-electron chi connectivity index (χ1n) is 11.6. The van der Waals surface area contributed by atoms with Crippen LogP contribution in [0.5, 0.6) is 0 Å². The molecule has 0 atom stereocenters. The van der Waals surface area contributed by atoms with Gasteiger partial charge in [-0.05, 0) is 48.7 Å². The molecule has 39 heavy (non-hydrogen) atoms. The Hall–Kier alpha value is -4.34. The van der Waals surface area contributed by atoms with E-state index in [1.165, 1.54) is 29.2 Å². The number of anilines is 1. The molecule has 1 saturated carbocycles. The molecule has 2 amide bonds. The summed E-state index contributed by atoms with van der Waals surface area (Å²) in [6, 6.07) is 9.31. The van der Waals surface area contributed by atoms with Crippen LogP contribution in [0, 0.1) is 17.1 Å². The minimum Gasteiger partial charge on any atom is -0.439 e. The van der Waals surface area contributed by atoms with Gasteiger partial charge in [0, 0.05) is 12.5 Å². The molecule has 3 aromatic rings. The molecule has 7 nitrogen and oxygen atoms in total. The Morgan fingerprint density at radius 3 is 2.38 bits per heavy atom. The van der Waals surface area contributed by atoms with Gasteiger partial charge < -0.3 is 9.32 Å². The zero-order valence-corrected chi connectivity index (χ0v) is 19.9. The maximum Gasteiger partial charge on any atom is 0.416 e. The fourth-order valence-electron chi connectivity index (χ4n) is 5.02. The van der Waals surface area contributed by atoms with E-state index < -0.39 is 59.6 Å². The molecule has 13 heteroatoms. The van der Waals surface area contributed by atoms with Crippen molar-refractivity contribution in [1.82, 2.24) is 9.88 Å². The molecule has 1 aromatic heterocycles. The molecule has 2 heterocycles. The van der Waals surface area contributed by atoms with Crippen LogP contribution in [0.1, 0.15) is 53.5 Å². The lowest BCUT2D eigenvalue weighted by atomic mass is 9.65. The van der Waals surface area contributed by atoms with Crippen LogP contribution in [0.15, 0.2) is 53.1 Å². The summed E-state index contributed by atoms with van der Waals surface area (Å²) < 4.78 is 84.9. The molecule has 2 aromatic carbocycles. The van der Waals surface area contributed by atoms with Gasteiger partial charge in [-0.25, -0.2) is 18.2 Å². The number of carbonyl (C=O) groups excluding carboxylic acids is 2. The molecule has 5 rings (SSSR count). The molecule has 202 valence electrons. The molecule has 0 N–H and O–H groups in total. The van der Waals surface area contributed by atoms with Crippen LogP contribution in [-0.4, -0.2) is 33.8 Å². The first kappa shape index (κ1) is 26.3. The lowest BCUT2D eigenvalue weighted by Gasteiger charge is -2.56. The zero-order valence-electron chi connectivity index (χ0n) is 19.9. The highest BCUT2D eigenvalue weighted by atomic mass is 19.4. The normalized spacial score (nSPS) is 21.4. The molecule has 1 saturated heterocycles. The van der Waals surface area contributed by atoms with Crippen molar-refractivity contribution in [3.8, 4) is 6.07 Å². The Bertz CT molecular complexity index is 1470. The smallest absolute Gasteiger partial charge is 0.416 e. The van der Waals surface area contributed by atoms with Crippen molar-refractivity contribution in [2.45, 2.75) is 43.4 Å². The molecule has 2 fully saturated rings. The van der Waals surface area contributed by atoms with E-state index in [0.29, 0.717) is 5.56 Å². The van der Waals surface area contributed by atoms with Crippen LogP contribution in [0.3, 0.4) is 0 Å². The number of nitrogens with zero attached hydrogens (tertiary/aromatic N) is 4. The summed E-state index contributed by atoms with van der Waals surface area (Å²) in [5.74, 6) is -3.47. The number of hydrogen-bond donors (Lipinski definition) is 0. The van der Waals surface area contributed by atoms with Gasteiger partial charge in [0.1, 0.15) is 17.9 Å². The second-order valence-corrected chi connectivity index (χ2v) is 9.38. The fraction of sp³-hybridized carbons (Fsp3) is 0.308. The van der Waals surface area contributed by atoms with Crippen molar-refractivity contribution >= 4 is 17.5 Å². The summed E-state index contributed by atoms with van der Waals surface area (Å²) >= 11 is 0. The van der Waals surface area contributed by atoms with Crippen LogP contribution >= 0.6 is 0 Å². The molecule has 0 bridgehead atoms. The number of carbonyl (C=O) groups is 2. The average molecular weight is 548 g/mol. The lowest BCUT2D eigenvalue weighted by Crippen LogP contribution is -2.72.